The van der Waals surface area contributed by atoms with Gasteiger partial charge in [0.15, 0.2) is 0 Å². The van der Waals surface area contributed by atoms with E-state index in [0.29, 0.717) is 5.92 Å². The Balaban J connectivity index is 2.11. The number of rotatable bonds is 9. The van der Waals surface area contributed by atoms with E-state index in [4.69, 9.17) is 9.47 Å². The van der Waals surface area contributed by atoms with Gasteiger partial charge in [-0.3, -0.25) is 0 Å². The van der Waals surface area contributed by atoms with Crippen molar-refractivity contribution >= 4 is 0 Å². The Morgan fingerprint density at radius 2 is 1.95 bits per heavy atom. The van der Waals surface area contributed by atoms with E-state index in [9.17, 15) is 0 Å². The van der Waals surface area contributed by atoms with Crippen LogP contribution < -0.4 is 4.74 Å². The van der Waals surface area contributed by atoms with E-state index < -0.39 is 0 Å². The average molecular weight is 262 g/mol. The van der Waals surface area contributed by atoms with Crippen molar-refractivity contribution in [3.8, 4) is 5.75 Å². The predicted molar refractivity (Wildman–Crippen MR) is 80.6 cm³/mol. The van der Waals surface area contributed by atoms with Gasteiger partial charge < -0.3 is 9.47 Å². The van der Waals surface area contributed by atoms with Crippen LogP contribution in [0.3, 0.4) is 0 Å². The van der Waals surface area contributed by atoms with Crippen LogP contribution in [0.4, 0.5) is 0 Å². The molecule has 0 fully saturated rings. The Morgan fingerprint density at radius 1 is 1.21 bits per heavy atom. The summed E-state index contributed by atoms with van der Waals surface area (Å²) < 4.78 is 10.8. The first kappa shape index (κ1) is 15.8. The molecule has 106 valence electrons. The Labute approximate surface area is 117 Å². The van der Waals surface area contributed by atoms with Crippen molar-refractivity contribution in [2.45, 2.75) is 33.1 Å². The molecule has 0 aromatic heterocycles. The van der Waals surface area contributed by atoms with E-state index in [1.807, 2.05) is 30.3 Å². The lowest BCUT2D eigenvalue weighted by Gasteiger charge is -2.11. The summed E-state index contributed by atoms with van der Waals surface area (Å²) in [6.45, 7) is 5.94. The SMILES string of the molecule is COC/C(C)=C/CCC(C)CCOc1ccccc1. The standard InChI is InChI=1S/C17H26O2/c1-15(8-7-9-16(2)14-18-3)12-13-19-17-10-5-4-6-11-17/h4-6,9-11,15H,7-8,12-14H2,1-3H3/b16-9+. The summed E-state index contributed by atoms with van der Waals surface area (Å²) in [5.41, 5.74) is 1.32. The minimum atomic E-state index is 0.690. The van der Waals surface area contributed by atoms with E-state index in [-0.39, 0.29) is 0 Å². The third-order valence-corrected chi connectivity index (χ3v) is 3.15. The second-order valence-electron chi connectivity index (χ2n) is 5.12. The first-order valence-electron chi connectivity index (χ1n) is 7.04. The molecular formula is C17H26O2. The van der Waals surface area contributed by atoms with Gasteiger partial charge in [-0.05, 0) is 44.2 Å². The van der Waals surface area contributed by atoms with Gasteiger partial charge in [-0.25, -0.2) is 0 Å². The van der Waals surface area contributed by atoms with Crippen molar-refractivity contribution in [3.63, 3.8) is 0 Å². The lowest BCUT2D eigenvalue weighted by Crippen LogP contribution is -2.04. The van der Waals surface area contributed by atoms with Crippen LogP contribution in [-0.2, 0) is 4.74 Å². The van der Waals surface area contributed by atoms with Crippen molar-refractivity contribution in [3.05, 3.63) is 42.0 Å². The van der Waals surface area contributed by atoms with Crippen molar-refractivity contribution < 1.29 is 9.47 Å². The molecule has 0 aliphatic rings. The van der Waals surface area contributed by atoms with Crippen molar-refractivity contribution in [2.24, 2.45) is 5.92 Å². The smallest absolute Gasteiger partial charge is 0.119 e. The van der Waals surface area contributed by atoms with E-state index in [1.54, 1.807) is 7.11 Å². The zero-order chi connectivity index (χ0) is 13.9. The molecule has 0 aliphatic carbocycles. The first-order valence-corrected chi connectivity index (χ1v) is 7.04. The summed E-state index contributed by atoms with van der Waals surface area (Å²) >= 11 is 0. The van der Waals surface area contributed by atoms with Gasteiger partial charge >= 0.3 is 0 Å². The van der Waals surface area contributed by atoms with Gasteiger partial charge in [0, 0.05) is 7.11 Å². The monoisotopic (exact) mass is 262 g/mol. The summed E-state index contributed by atoms with van der Waals surface area (Å²) in [4.78, 5) is 0. The van der Waals surface area contributed by atoms with Crippen molar-refractivity contribution in [1.82, 2.24) is 0 Å². The first-order chi connectivity index (χ1) is 9.22. The molecule has 0 radical (unpaired) electrons. The molecule has 0 saturated carbocycles. The molecule has 1 unspecified atom stereocenters. The number of hydrogen-bond acceptors (Lipinski definition) is 2. The van der Waals surface area contributed by atoms with E-state index in [2.05, 4.69) is 19.9 Å². The molecule has 19 heavy (non-hydrogen) atoms. The minimum Gasteiger partial charge on any atom is -0.494 e. The number of para-hydroxylation sites is 1. The van der Waals surface area contributed by atoms with Crippen LogP contribution in [0.2, 0.25) is 0 Å². The third-order valence-electron chi connectivity index (χ3n) is 3.15. The lowest BCUT2D eigenvalue weighted by molar-refractivity contribution is 0.225. The summed E-state index contributed by atoms with van der Waals surface area (Å²) in [6.07, 6.45) is 5.71. The molecule has 1 atom stereocenters. The fourth-order valence-corrected chi connectivity index (χ4v) is 1.94. The Hall–Kier alpha value is -1.28. The predicted octanol–water partition coefficient (Wildman–Crippen LogP) is 4.46. The Bertz CT molecular complexity index is 357. The molecule has 0 aliphatic heterocycles. The highest BCUT2D eigenvalue weighted by atomic mass is 16.5. The maximum atomic E-state index is 5.71. The maximum absolute atomic E-state index is 5.71. The van der Waals surface area contributed by atoms with Gasteiger partial charge in [-0.2, -0.15) is 0 Å². The van der Waals surface area contributed by atoms with Crippen LogP contribution in [-0.4, -0.2) is 20.3 Å². The van der Waals surface area contributed by atoms with E-state index in [0.717, 1.165) is 31.8 Å². The fourth-order valence-electron chi connectivity index (χ4n) is 1.94. The molecule has 0 spiro atoms. The lowest BCUT2D eigenvalue weighted by atomic mass is 10.0. The third kappa shape index (κ3) is 7.68. The molecule has 0 heterocycles. The summed E-state index contributed by atoms with van der Waals surface area (Å²) in [7, 11) is 1.74. The van der Waals surface area contributed by atoms with Gasteiger partial charge in [0.05, 0.1) is 13.2 Å². The minimum absolute atomic E-state index is 0.690. The van der Waals surface area contributed by atoms with Crippen LogP contribution in [0.15, 0.2) is 42.0 Å². The molecule has 1 rings (SSSR count). The van der Waals surface area contributed by atoms with Crippen LogP contribution in [0.5, 0.6) is 5.75 Å². The molecule has 0 N–H and O–H groups in total. The van der Waals surface area contributed by atoms with Crippen molar-refractivity contribution in [2.75, 3.05) is 20.3 Å². The summed E-state index contributed by atoms with van der Waals surface area (Å²) in [5.74, 6) is 1.65. The maximum Gasteiger partial charge on any atom is 0.119 e. The largest absolute Gasteiger partial charge is 0.494 e. The molecule has 2 heteroatoms. The fraction of sp³-hybridized carbons (Fsp3) is 0.529. The normalized spacial score (nSPS) is 13.3. The van der Waals surface area contributed by atoms with Crippen LogP contribution in [0, 0.1) is 5.92 Å². The highest BCUT2D eigenvalue weighted by Gasteiger charge is 2.02. The second-order valence-corrected chi connectivity index (χ2v) is 5.12. The Kier molecular flexibility index (Phi) is 7.99. The van der Waals surface area contributed by atoms with E-state index in [1.165, 1.54) is 12.0 Å². The second kappa shape index (κ2) is 9.62. The number of benzene rings is 1. The average Bonchev–Trinajstić information content (AvgIpc) is 2.40. The van der Waals surface area contributed by atoms with Crippen LogP contribution in [0.1, 0.15) is 33.1 Å². The zero-order valence-electron chi connectivity index (χ0n) is 12.4. The molecule has 1 aromatic rings. The number of methoxy groups -OCH3 is 1. The highest BCUT2D eigenvalue weighted by molar-refractivity contribution is 5.20. The number of allylic oxidation sites excluding steroid dienone is 1. The van der Waals surface area contributed by atoms with Gasteiger partial charge in [0.2, 0.25) is 0 Å². The van der Waals surface area contributed by atoms with E-state index >= 15 is 0 Å². The van der Waals surface area contributed by atoms with Gasteiger partial charge in [0.1, 0.15) is 5.75 Å². The molecule has 0 bridgehead atoms. The van der Waals surface area contributed by atoms with Crippen LogP contribution >= 0.6 is 0 Å². The molecule has 1 aromatic carbocycles. The molecule has 2 nitrogen and oxygen atoms in total. The zero-order valence-corrected chi connectivity index (χ0v) is 12.4. The summed E-state index contributed by atoms with van der Waals surface area (Å²) in [5, 5.41) is 0. The molecule has 0 saturated heterocycles. The van der Waals surface area contributed by atoms with Crippen molar-refractivity contribution in [1.29, 1.82) is 0 Å². The van der Waals surface area contributed by atoms with Gasteiger partial charge in [-0.1, -0.05) is 36.8 Å². The summed E-state index contributed by atoms with van der Waals surface area (Å²) in [6, 6.07) is 10.0. The highest BCUT2D eigenvalue weighted by Crippen LogP contribution is 2.14. The van der Waals surface area contributed by atoms with Gasteiger partial charge in [0.25, 0.3) is 0 Å². The molecular weight excluding hydrogens is 236 g/mol. The van der Waals surface area contributed by atoms with Crippen LogP contribution in [0.25, 0.3) is 0 Å². The Morgan fingerprint density at radius 3 is 2.63 bits per heavy atom. The quantitative estimate of drug-likeness (QED) is 0.611. The molecule has 0 amide bonds. The topological polar surface area (TPSA) is 18.5 Å². The number of hydrogen-bond donors (Lipinski definition) is 0. The number of ether oxygens (including phenoxy) is 2. The van der Waals surface area contributed by atoms with Gasteiger partial charge in [-0.15, -0.1) is 0 Å².